The van der Waals surface area contributed by atoms with Gasteiger partial charge in [-0.05, 0) is 129 Å². The molecule has 2 spiro atoms. The van der Waals surface area contributed by atoms with E-state index in [1.807, 2.05) is 0 Å². The van der Waals surface area contributed by atoms with E-state index >= 15 is 0 Å². The molecule has 2 nitrogen and oxygen atoms in total. The lowest BCUT2D eigenvalue weighted by Crippen LogP contribution is -2.60. The molecule has 5 fully saturated rings. The Hall–Kier alpha value is -0.340. The molecule has 5 rings (SSSR count). The molecule has 0 amide bonds. The Kier molecular flexibility index (Phi) is 5.19. The molecular weight excluding hydrogens is 392 g/mol. The molecule has 0 aromatic heterocycles. The van der Waals surface area contributed by atoms with Crippen LogP contribution >= 0.6 is 0 Å². The van der Waals surface area contributed by atoms with Crippen molar-refractivity contribution in [2.24, 2.45) is 50.7 Å². The van der Waals surface area contributed by atoms with Crippen LogP contribution in [0.1, 0.15) is 113 Å². The minimum absolute atomic E-state index is 0.161. The number of hydrogen-bond donors (Lipinski definition) is 2. The third kappa shape index (κ3) is 2.72. The molecule has 32 heavy (non-hydrogen) atoms. The summed E-state index contributed by atoms with van der Waals surface area (Å²) in [6, 6.07) is 0. The normalized spacial score (nSPS) is 54.0. The number of aliphatic hydroxyl groups excluding tert-OH is 2. The predicted molar refractivity (Wildman–Crippen MR) is 132 cm³/mol. The van der Waals surface area contributed by atoms with E-state index in [0.29, 0.717) is 27.6 Å². The van der Waals surface area contributed by atoms with Crippen molar-refractivity contribution in [3.05, 3.63) is 11.6 Å². The summed E-state index contributed by atoms with van der Waals surface area (Å²) in [5.41, 5.74) is 2.95. The number of allylic oxidation sites excluding steroid dienone is 2. The zero-order chi connectivity index (χ0) is 23.3. The summed E-state index contributed by atoms with van der Waals surface area (Å²) in [5, 5.41) is 21.8. The molecule has 0 aromatic carbocycles. The molecule has 2 heteroatoms. The Bertz CT molecular complexity index is 795. The molecule has 0 radical (unpaired) electrons. The molecule has 0 saturated heterocycles. The fourth-order valence-corrected chi connectivity index (χ4v) is 11.2. The van der Waals surface area contributed by atoms with Crippen LogP contribution in [0.5, 0.6) is 0 Å². The van der Waals surface area contributed by atoms with Crippen molar-refractivity contribution in [1.82, 2.24) is 0 Å². The van der Waals surface area contributed by atoms with Gasteiger partial charge in [-0.1, -0.05) is 46.3 Å². The quantitative estimate of drug-likeness (QED) is 0.454. The van der Waals surface area contributed by atoms with Gasteiger partial charge in [-0.25, -0.2) is 0 Å². The monoisotopic (exact) mass is 442 g/mol. The molecule has 0 aromatic rings. The Morgan fingerprint density at radius 2 is 1.59 bits per heavy atom. The molecule has 5 aliphatic carbocycles. The van der Waals surface area contributed by atoms with Gasteiger partial charge < -0.3 is 10.2 Å². The minimum Gasteiger partial charge on any atom is -0.390 e. The van der Waals surface area contributed by atoms with Crippen molar-refractivity contribution in [3.63, 3.8) is 0 Å². The summed E-state index contributed by atoms with van der Waals surface area (Å²) < 4.78 is 0. The number of aliphatic hydroxyl groups is 2. The van der Waals surface area contributed by atoms with Gasteiger partial charge in [-0.3, -0.25) is 0 Å². The SMILES string of the molecule is CC(C)=CCCC(C)C1CCC2(C)C3CCC4C(C)(C)C(O)C(O)CC45CC35CCC12C. The molecule has 0 bridgehead atoms. The summed E-state index contributed by atoms with van der Waals surface area (Å²) in [6.45, 7) is 16.8. The van der Waals surface area contributed by atoms with Gasteiger partial charge in [-0.15, -0.1) is 0 Å². The lowest BCUT2D eigenvalue weighted by Gasteiger charge is -2.63. The average Bonchev–Trinajstić information content (AvgIpc) is 3.27. The highest BCUT2D eigenvalue weighted by atomic mass is 16.3. The second-order valence-electron chi connectivity index (χ2n) is 14.5. The largest absolute Gasteiger partial charge is 0.390 e. The van der Waals surface area contributed by atoms with E-state index in [2.05, 4.69) is 54.5 Å². The molecule has 10 atom stereocenters. The Balaban J connectivity index is 1.42. The van der Waals surface area contributed by atoms with E-state index < -0.39 is 12.2 Å². The van der Waals surface area contributed by atoms with E-state index in [-0.39, 0.29) is 5.41 Å². The molecule has 0 aliphatic heterocycles. The zero-order valence-corrected chi connectivity index (χ0v) is 22.0. The van der Waals surface area contributed by atoms with Crippen molar-refractivity contribution >= 4 is 0 Å². The van der Waals surface area contributed by atoms with Gasteiger partial charge in [0.25, 0.3) is 0 Å². The fourth-order valence-electron chi connectivity index (χ4n) is 11.2. The van der Waals surface area contributed by atoms with Crippen molar-refractivity contribution < 1.29 is 10.2 Å². The third-order valence-corrected chi connectivity index (χ3v) is 13.0. The molecule has 2 N–H and O–H groups in total. The lowest BCUT2D eigenvalue weighted by atomic mass is 9.41. The van der Waals surface area contributed by atoms with Crippen LogP contribution in [0.25, 0.3) is 0 Å². The third-order valence-electron chi connectivity index (χ3n) is 13.0. The molecule has 10 unspecified atom stereocenters. The zero-order valence-electron chi connectivity index (χ0n) is 22.0. The first kappa shape index (κ1) is 23.4. The first-order valence-corrected chi connectivity index (χ1v) is 13.9. The van der Waals surface area contributed by atoms with Crippen LogP contribution in [0, 0.1) is 50.7 Å². The molecule has 0 heterocycles. The number of hydrogen-bond acceptors (Lipinski definition) is 2. The van der Waals surface area contributed by atoms with Crippen LogP contribution in [-0.2, 0) is 0 Å². The van der Waals surface area contributed by atoms with Crippen LogP contribution < -0.4 is 0 Å². The van der Waals surface area contributed by atoms with Crippen molar-refractivity contribution in [3.8, 4) is 0 Å². The van der Waals surface area contributed by atoms with Gasteiger partial charge in [-0.2, -0.15) is 0 Å². The Morgan fingerprint density at radius 1 is 0.906 bits per heavy atom. The maximum atomic E-state index is 10.9. The summed E-state index contributed by atoms with van der Waals surface area (Å²) in [6.07, 6.45) is 14.3. The van der Waals surface area contributed by atoms with Crippen LogP contribution in [0.2, 0.25) is 0 Å². The van der Waals surface area contributed by atoms with Gasteiger partial charge in [0.05, 0.1) is 12.2 Å². The number of rotatable bonds is 4. The fraction of sp³-hybridized carbons (Fsp3) is 0.933. The van der Waals surface area contributed by atoms with Gasteiger partial charge in [0.1, 0.15) is 0 Å². The Labute approximate surface area is 197 Å². The van der Waals surface area contributed by atoms with Crippen LogP contribution in [0.15, 0.2) is 11.6 Å². The molecule has 5 aliphatic rings. The van der Waals surface area contributed by atoms with Crippen molar-refractivity contribution in [1.29, 1.82) is 0 Å². The van der Waals surface area contributed by atoms with Crippen molar-refractivity contribution in [2.45, 2.75) is 125 Å². The van der Waals surface area contributed by atoms with Crippen LogP contribution in [-0.4, -0.2) is 22.4 Å². The van der Waals surface area contributed by atoms with E-state index in [9.17, 15) is 10.2 Å². The second-order valence-corrected chi connectivity index (χ2v) is 14.5. The second kappa shape index (κ2) is 7.09. The highest BCUT2D eigenvalue weighted by molar-refractivity contribution is 5.31. The standard InChI is InChI=1S/C30H50O2/c1-19(2)9-8-10-20(3)21-13-14-28(7)24-12-11-23-26(4,5)25(32)22(31)17-30(23)18-29(24,30)16-15-27(21,28)6/h9,20-25,31-32H,8,10-18H2,1-7H3. The van der Waals surface area contributed by atoms with E-state index in [0.717, 1.165) is 24.2 Å². The average molecular weight is 443 g/mol. The van der Waals surface area contributed by atoms with Gasteiger partial charge in [0, 0.05) is 0 Å². The number of fused-ring (bicyclic) bond motifs is 2. The molecule has 182 valence electrons. The highest BCUT2D eigenvalue weighted by Crippen LogP contribution is 2.89. The van der Waals surface area contributed by atoms with Crippen LogP contribution in [0.3, 0.4) is 0 Å². The van der Waals surface area contributed by atoms with E-state index in [4.69, 9.17) is 0 Å². The molecular formula is C30H50O2. The Morgan fingerprint density at radius 3 is 2.28 bits per heavy atom. The predicted octanol–water partition coefficient (Wildman–Crippen LogP) is 7.14. The van der Waals surface area contributed by atoms with E-state index in [1.165, 1.54) is 63.4 Å². The first-order chi connectivity index (χ1) is 14.9. The summed E-state index contributed by atoms with van der Waals surface area (Å²) in [5.74, 6) is 3.07. The molecule has 5 saturated carbocycles. The summed E-state index contributed by atoms with van der Waals surface area (Å²) >= 11 is 0. The van der Waals surface area contributed by atoms with Crippen molar-refractivity contribution in [2.75, 3.05) is 0 Å². The first-order valence-electron chi connectivity index (χ1n) is 13.9. The smallest absolute Gasteiger partial charge is 0.0852 e. The van der Waals surface area contributed by atoms with Gasteiger partial charge >= 0.3 is 0 Å². The summed E-state index contributed by atoms with van der Waals surface area (Å²) in [7, 11) is 0. The van der Waals surface area contributed by atoms with E-state index in [1.54, 1.807) is 0 Å². The maximum Gasteiger partial charge on any atom is 0.0852 e. The van der Waals surface area contributed by atoms with Gasteiger partial charge in [0.2, 0.25) is 0 Å². The van der Waals surface area contributed by atoms with Gasteiger partial charge in [0.15, 0.2) is 0 Å². The highest BCUT2D eigenvalue weighted by Gasteiger charge is 2.82. The summed E-state index contributed by atoms with van der Waals surface area (Å²) in [4.78, 5) is 0. The topological polar surface area (TPSA) is 40.5 Å². The maximum absolute atomic E-state index is 10.9. The van der Waals surface area contributed by atoms with Crippen LogP contribution in [0.4, 0.5) is 0 Å². The lowest BCUT2D eigenvalue weighted by molar-refractivity contribution is -0.191. The minimum atomic E-state index is -0.561.